The molecule has 0 saturated carbocycles. The summed E-state index contributed by atoms with van der Waals surface area (Å²) in [5, 5.41) is 16.1. The second-order valence-electron chi connectivity index (χ2n) is 3.58. The minimum Gasteiger partial charge on any atom is -0.497 e. The first kappa shape index (κ1) is 12.5. The first-order valence-electron chi connectivity index (χ1n) is 5.36. The molecular weight excluding hydrogens is 248 g/mol. The molecule has 1 N–H and O–H groups in total. The van der Waals surface area contributed by atoms with Gasteiger partial charge in [0, 0.05) is 5.56 Å². The molecule has 92 valence electrons. The van der Waals surface area contributed by atoms with Crippen LogP contribution in [0.5, 0.6) is 5.75 Å². The molecule has 0 aliphatic rings. The molecule has 2 rings (SSSR count). The van der Waals surface area contributed by atoms with Crippen molar-refractivity contribution in [3.8, 4) is 23.2 Å². The Hall–Kier alpha value is -2.00. The Morgan fingerprint density at radius 2 is 2.11 bits per heavy atom. The number of aromatic nitrogens is 3. The van der Waals surface area contributed by atoms with Gasteiger partial charge in [0.2, 0.25) is 5.16 Å². The maximum absolute atomic E-state index is 8.73. The van der Waals surface area contributed by atoms with Gasteiger partial charge in [0.25, 0.3) is 0 Å². The zero-order valence-electron chi connectivity index (χ0n) is 10.0. The molecule has 0 aliphatic heterocycles. The van der Waals surface area contributed by atoms with Crippen molar-refractivity contribution in [2.24, 2.45) is 0 Å². The van der Waals surface area contributed by atoms with Crippen molar-refractivity contribution in [1.29, 1.82) is 5.26 Å². The number of thioether (sulfide) groups is 1. The van der Waals surface area contributed by atoms with E-state index in [4.69, 9.17) is 10.00 Å². The van der Waals surface area contributed by atoms with Crippen LogP contribution in [0.15, 0.2) is 29.4 Å². The molecule has 0 unspecified atom stereocenters. The Balaban J connectivity index is 2.16. The van der Waals surface area contributed by atoms with Gasteiger partial charge in [-0.15, -0.1) is 5.10 Å². The number of hydrogen-bond donors (Lipinski definition) is 1. The van der Waals surface area contributed by atoms with E-state index >= 15 is 0 Å². The maximum atomic E-state index is 8.73. The van der Waals surface area contributed by atoms with Gasteiger partial charge < -0.3 is 4.74 Å². The van der Waals surface area contributed by atoms with E-state index in [0.29, 0.717) is 11.0 Å². The van der Waals surface area contributed by atoms with Crippen molar-refractivity contribution in [3.05, 3.63) is 24.3 Å². The van der Waals surface area contributed by atoms with Gasteiger partial charge in [-0.1, -0.05) is 11.8 Å². The average molecular weight is 260 g/mol. The minimum absolute atomic E-state index is 0.162. The molecule has 5 nitrogen and oxygen atoms in total. The van der Waals surface area contributed by atoms with Crippen LogP contribution in [0.1, 0.15) is 6.92 Å². The van der Waals surface area contributed by atoms with E-state index in [1.807, 2.05) is 31.2 Å². The van der Waals surface area contributed by atoms with E-state index in [0.717, 1.165) is 11.3 Å². The third-order valence-corrected chi connectivity index (χ3v) is 3.14. The molecule has 1 aromatic heterocycles. The largest absolute Gasteiger partial charge is 0.497 e. The summed E-state index contributed by atoms with van der Waals surface area (Å²) >= 11 is 1.33. The third kappa shape index (κ3) is 2.81. The fourth-order valence-corrected chi connectivity index (χ4v) is 1.97. The summed E-state index contributed by atoms with van der Waals surface area (Å²) in [6.45, 7) is 1.81. The molecule has 0 aliphatic carbocycles. The van der Waals surface area contributed by atoms with Crippen LogP contribution in [0.4, 0.5) is 0 Å². The number of ether oxygens (including phenoxy) is 1. The van der Waals surface area contributed by atoms with Gasteiger partial charge in [0.1, 0.15) is 5.75 Å². The lowest BCUT2D eigenvalue weighted by Crippen LogP contribution is -1.90. The number of benzene rings is 1. The highest BCUT2D eigenvalue weighted by Gasteiger charge is 2.09. The number of nitriles is 1. The number of nitrogens with zero attached hydrogens (tertiary/aromatic N) is 3. The SMILES string of the molecule is COc1ccc(-c2nc(S[C@H](C)C#N)n[nH]2)cc1. The van der Waals surface area contributed by atoms with Crippen LogP contribution in [-0.2, 0) is 0 Å². The van der Waals surface area contributed by atoms with E-state index in [1.165, 1.54) is 11.8 Å². The summed E-state index contributed by atoms with van der Waals surface area (Å²) in [4.78, 5) is 4.33. The molecule has 1 heterocycles. The molecule has 18 heavy (non-hydrogen) atoms. The van der Waals surface area contributed by atoms with Gasteiger partial charge in [-0.3, -0.25) is 5.10 Å². The first-order chi connectivity index (χ1) is 8.72. The summed E-state index contributed by atoms with van der Waals surface area (Å²) in [5.74, 6) is 1.48. The van der Waals surface area contributed by atoms with Gasteiger partial charge in [-0.25, -0.2) is 4.98 Å². The molecule has 6 heteroatoms. The predicted molar refractivity (Wildman–Crippen MR) is 69.3 cm³/mol. The van der Waals surface area contributed by atoms with Crippen LogP contribution in [-0.4, -0.2) is 27.5 Å². The van der Waals surface area contributed by atoms with E-state index in [9.17, 15) is 0 Å². The number of hydrogen-bond acceptors (Lipinski definition) is 5. The van der Waals surface area contributed by atoms with Crippen molar-refractivity contribution in [2.45, 2.75) is 17.3 Å². The van der Waals surface area contributed by atoms with Gasteiger partial charge in [-0.2, -0.15) is 5.26 Å². The second kappa shape index (κ2) is 5.56. The molecule has 1 aromatic carbocycles. The summed E-state index contributed by atoms with van der Waals surface area (Å²) < 4.78 is 5.09. The lowest BCUT2D eigenvalue weighted by molar-refractivity contribution is 0.415. The van der Waals surface area contributed by atoms with Crippen molar-refractivity contribution >= 4 is 11.8 Å². The lowest BCUT2D eigenvalue weighted by Gasteiger charge is -1.99. The highest BCUT2D eigenvalue weighted by Crippen LogP contribution is 2.23. The number of aromatic amines is 1. The number of methoxy groups -OCH3 is 1. The summed E-state index contributed by atoms with van der Waals surface area (Å²) in [5.41, 5.74) is 0.930. The number of H-pyrrole nitrogens is 1. The third-order valence-electron chi connectivity index (χ3n) is 2.29. The fraction of sp³-hybridized carbons (Fsp3) is 0.250. The molecule has 0 bridgehead atoms. The summed E-state index contributed by atoms with van der Waals surface area (Å²) in [7, 11) is 1.63. The smallest absolute Gasteiger partial charge is 0.210 e. The molecular formula is C12H12N4OS. The molecule has 0 spiro atoms. The Morgan fingerprint density at radius 3 is 2.72 bits per heavy atom. The van der Waals surface area contributed by atoms with Gasteiger partial charge in [0.05, 0.1) is 18.4 Å². The fourth-order valence-electron chi connectivity index (χ4n) is 1.36. The van der Waals surface area contributed by atoms with Gasteiger partial charge in [0.15, 0.2) is 5.82 Å². The molecule has 0 radical (unpaired) electrons. The van der Waals surface area contributed by atoms with Crippen molar-refractivity contribution < 1.29 is 4.74 Å². The zero-order valence-corrected chi connectivity index (χ0v) is 10.9. The van der Waals surface area contributed by atoms with Crippen molar-refractivity contribution in [2.75, 3.05) is 7.11 Å². The topological polar surface area (TPSA) is 74.6 Å². The van der Waals surface area contributed by atoms with E-state index in [-0.39, 0.29) is 5.25 Å². The molecule has 0 amide bonds. The average Bonchev–Trinajstić information content (AvgIpc) is 2.87. The quantitative estimate of drug-likeness (QED) is 0.855. The normalized spacial score (nSPS) is 11.8. The minimum atomic E-state index is -0.162. The Kier molecular flexibility index (Phi) is 3.85. The summed E-state index contributed by atoms with van der Waals surface area (Å²) in [6.07, 6.45) is 0. The van der Waals surface area contributed by atoms with Crippen LogP contribution in [0, 0.1) is 11.3 Å². The second-order valence-corrected chi connectivity index (χ2v) is 4.89. The highest BCUT2D eigenvalue weighted by atomic mass is 32.2. The van der Waals surface area contributed by atoms with Crippen LogP contribution in [0.25, 0.3) is 11.4 Å². The molecule has 1 atom stereocenters. The number of rotatable bonds is 4. The van der Waals surface area contributed by atoms with Crippen LogP contribution >= 0.6 is 11.8 Å². The molecule has 2 aromatic rings. The van der Waals surface area contributed by atoms with E-state index < -0.39 is 0 Å². The Bertz CT molecular complexity index is 558. The van der Waals surface area contributed by atoms with E-state index in [1.54, 1.807) is 7.11 Å². The Labute approximate surface area is 109 Å². The lowest BCUT2D eigenvalue weighted by atomic mass is 10.2. The van der Waals surface area contributed by atoms with Gasteiger partial charge >= 0.3 is 0 Å². The van der Waals surface area contributed by atoms with Crippen molar-refractivity contribution in [1.82, 2.24) is 15.2 Å². The first-order valence-corrected chi connectivity index (χ1v) is 6.24. The zero-order chi connectivity index (χ0) is 13.0. The maximum Gasteiger partial charge on any atom is 0.210 e. The van der Waals surface area contributed by atoms with Crippen LogP contribution in [0.3, 0.4) is 0 Å². The standard InChI is InChI=1S/C12H12N4OS/c1-8(7-13)18-12-14-11(15-16-12)9-3-5-10(17-2)6-4-9/h3-6,8H,1-2H3,(H,14,15,16)/t8-/m1/s1. The summed E-state index contributed by atoms with van der Waals surface area (Å²) in [6, 6.07) is 9.67. The monoisotopic (exact) mass is 260 g/mol. The highest BCUT2D eigenvalue weighted by molar-refractivity contribution is 8.00. The van der Waals surface area contributed by atoms with Crippen molar-refractivity contribution in [3.63, 3.8) is 0 Å². The van der Waals surface area contributed by atoms with Gasteiger partial charge in [-0.05, 0) is 31.2 Å². The molecule has 0 fully saturated rings. The predicted octanol–water partition coefficient (Wildman–Crippen LogP) is 2.48. The van der Waals surface area contributed by atoms with Crippen LogP contribution < -0.4 is 4.74 Å². The van der Waals surface area contributed by atoms with E-state index in [2.05, 4.69) is 21.3 Å². The Morgan fingerprint density at radius 1 is 1.39 bits per heavy atom. The molecule has 0 saturated heterocycles. The number of nitrogens with one attached hydrogen (secondary N) is 1. The van der Waals surface area contributed by atoms with Crippen LogP contribution in [0.2, 0.25) is 0 Å².